The normalized spacial score (nSPS) is 17.2. The van der Waals surface area contributed by atoms with Crippen molar-refractivity contribution in [2.45, 2.75) is 69.9 Å². The number of carbonyl (C=O) groups excluding carboxylic acids is 1. The third-order valence-corrected chi connectivity index (χ3v) is 7.08. The Labute approximate surface area is 197 Å². The van der Waals surface area contributed by atoms with Gasteiger partial charge in [-0.15, -0.1) is 0 Å². The summed E-state index contributed by atoms with van der Waals surface area (Å²) in [6.45, 7) is 0. The second-order valence-corrected chi connectivity index (χ2v) is 9.39. The van der Waals surface area contributed by atoms with Crippen molar-refractivity contribution in [2.24, 2.45) is 7.05 Å². The maximum Gasteiger partial charge on any atom is 0.318 e. The Kier molecular flexibility index (Phi) is 6.17. The first-order valence-corrected chi connectivity index (χ1v) is 12.2. The van der Waals surface area contributed by atoms with Crippen LogP contribution in [-0.2, 0) is 7.05 Å². The number of benzene rings is 1. The summed E-state index contributed by atoms with van der Waals surface area (Å²) < 4.78 is 2.86. The molecule has 0 saturated heterocycles. The number of nitrogens with zero attached hydrogens (tertiary/aromatic N) is 4. The van der Waals surface area contributed by atoms with Crippen LogP contribution in [0.25, 0.3) is 11.2 Å². The van der Waals surface area contributed by atoms with Crippen molar-refractivity contribution in [3.05, 3.63) is 56.7 Å². The van der Waals surface area contributed by atoms with Crippen LogP contribution in [0.15, 0.2) is 40.1 Å². The number of hydrogen-bond acceptors (Lipinski definition) is 6. The fourth-order valence-corrected chi connectivity index (χ4v) is 5.14. The van der Waals surface area contributed by atoms with Crippen molar-refractivity contribution in [3.63, 3.8) is 0 Å². The van der Waals surface area contributed by atoms with Gasteiger partial charge in [-0.05, 0) is 49.9 Å². The summed E-state index contributed by atoms with van der Waals surface area (Å²) in [7, 11) is 1.57. The molecular weight excluding hydrogens is 432 g/mol. The molecule has 1 aromatic carbocycles. The molecule has 2 aliphatic rings. The highest BCUT2D eigenvalue weighted by atomic mass is 16.2. The average Bonchev–Trinajstić information content (AvgIpc) is 3.38. The predicted molar refractivity (Wildman–Crippen MR) is 131 cm³/mol. The summed E-state index contributed by atoms with van der Waals surface area (Å²) in [4.78, 5) is 46.8. The Morgan fingerprint density at radius 2 is 1.62 bits per heavy atom. The van der Waals surface area contributed by atoms with Crippen LogP contribution >= 0.6 is 0 Å². The Balaban J connectivity index is 1.39. The van der Waals surface area contributed by atoms with Gasteiger partial charge in [0.05, 0.1) is 6.20 Å². The summed E-state index contributed by atoms with van der Waals surface area (Å²) in [5, 5.41) is 6.29. The van der Waals surface area contributed by atoms with Crippen molar-refractivity contribution in [1.82, 2.24) is 24.4 Å². The second-order valence-electron chi connectivity index (χ2n) is 9.39. The molecule has 0 radical (unpaired) electrons. The number of fused-ring (bicyclic) bond motifs is 1. The Hall–Kier alpha value is -3.49. The average molecular weight is 463 g/mol. The van der Waals surface area contributed by atoms with E-state index in [0.29, 0.717) is 22.7 Å². The number of aryl methyl sites for hydroxylation is 1. The molecule has 0 aliphatic heterocycles. The van der Waals surface area contributed by atoms with Gasteiger partial charge in [-0.25, -0.2) is 4.98 Å². The first-order valence-electron chi connectivity index (χ1n) is 12.2. The summed E-state index contributed by atoms with van der Waals surface area (Å²) in [6, 6.07) is 7.42. The van der Waals surface area contributed by atoms with Gasteiger partial charge in [0, 0.05) is 30.4 Å². The number of anilines is 2. The quantitative estimate of drug-likeness (QED) is 0.562. The minimum atomic E-state index is -0.564. The predicted octanol–water partition coefficient (Wildman–Crippen LogP) is 3.41. The van der Waals surface area contributed by atoms with Crippen molar-refractivity contribution < 1.29 is 4.79 Å². The molecule has 9 nitrogen and oxygen atoms in total. The summed E-state index contributed by atoms with van der Waals surface area (Å²) in [5.41, 5.74) is 1.22. The molecule has 0 atom stereocenters. The second kappa shape index (κ2) is 9.40. The van der Waals surface area contributed by atoms with Gasteiger partial charge in [0.25, 0.3) is 5.91 Å². The molecule has 34 heavy (non-hydrogen) atoms. The van der Waals surface area contributed by atoms with Gasteiger partial charge in [0.2, 0.25) is 5.95 Å². The Bertz CT molecular complexity index is 1320. The van der Waals surface area contributed by atoms with Gasteiger partial charge in [-0.3, -0.25) is 19.0 Å². The molecule has 2 N–H and O–H groups in total. The smallest absolute Gasteiger partial charge is 0.318 e. The molecule has 2 aliphatic carbocycles. The fourth-order valence-electron chi connectivity index (χ4n) is 5.14. The van der Waals surface area contributed by atoms with Crippen molar-refractivity contribution in [3.8, 4) is 0 Å². The number of hydrogen-bond donors (Lipinski definition) is 2. The van der Waals surface area contributed by atoms with Crippen LogP contribution in [0, 0.1) is 0 Å². The lowest BCUT2D eigenvalue weighted by atomic mass is 9.95. The summed E-state index contributed by atoms with van der Waals surface area (Å²) in [6.07, 6.45) is 11.0. The monoisotopic (exact) mass is 462 g/mol. The first-order chi connectivity index (χ1) is 16.5. The number of nitrogens with one attached hydrogen (secondary N) is 2. The molecule has 5 rings (SSSR count). The SMILES string of the molecule is Cn1c(=O)c(=O)n(C2CCCC2)c2nc(Nc3ccc(C(=O)NC4CCCCC4)cc3)ncc21. The molecule has 0 spiro atoms. The maximum atomic E-state index is 12.8. The molecule has 2 heterocycles. The number of rotatable bonds is 5. The van der Waals surface area contributed by atoms with Gasteiger partial charge in [-0.2, -0.15) is 4.98 Å². The maximum absolute atomic E-state index is 12.8. The zero-order chi connectivity index (χ0) is 23.7. The van der Waals surface area contributed by atoms with Crippen molar-refractivity contribution in [2.75, 3.05) is 5.32 Å². The third-order valence-electron chi connectivity index (χ3n) is 7.08. The van der Waals surface area contributed by atoms with E-state index in [2.05, 4.69) is 20.6 Å². The Morgan fingerprint density at radius 3 is 2.32 bits per heavy atom. The van der Waals surface area contributed by atoms with Crippen molar-refractivity contribution >= 4 is 28.7 Å². The molecule has 1 amide bonds. The van der Waals surface area contributed by atoms with E-state index < -0.39 is 11.1 Å². The molecule has 2 aromatic heterocycles. The molecule has 3 aromatic rings. The van der Waals surface area contributed by atoms with Crippen LogP contribution < -0.4 is 21.8 Å². The molecule has 2 fully saturated rings. The zero-order valence-electron chi connectivity index (χ0n) is 19.4. The van der Waals surface area contributed by atoms with Crippen LogP contribution in [0.2, 0.25) is 0 Å². The standard InChI is InChI=1S/C25H30N6O3/c1-30-20-15-26-25(29-21(20)31(24(34)23(30)33)19-9-5-6-10-19)28-18-13-11-16(12-14-18)22(32)27-17-7-3-2-4-8-17/h11-15,17,19H,2-10H2,1H3,(H,27,32)(H,26,28,29). The lowest BCUT2D eigenvalue weighted by Gasteiger charge is -2.22. The first kappa shape index (κ1) is 22.3. The van der Waals surface area contributed by atoms with E-state index >= 15 is 0 Å². The van der Waals surface area contributed by atoms with Crippen LogP contribution in [0.4, 0.5) is 11.6 Å². The summed E-state index contributed by atoms with van der Waals surface area (Å²) in [5.74, 6) is 0.276. The number of aromatic nitrogens is 4. The van der Waals surface area contributed by atoms with Crippen LogP contribution in [0.1, 0.15) is 74.2 Å². The van der Waals surface area contributed by atoms with Gasteiger partial charge in [0.1, 0.15) is 5.52 Å². The topological polar surface area (TPSA) is 111 Å². The fraction of sp³-hybridized carbons (Fsp3) is 0.480. The van der Waals surface area contributed by atoms with Gasteiger partial charge < -0.3 is 15.2 Å². The van der Waals surface area contributed by atoms with E-state index in [1.807, 2.05) is 12.1 Å². The molecule has 0 bridgehead atoms. The van der Waals surface area contributed by atoms with E-state index in [1.54, 1.807) is 29.9 Å². The lowest BCUT2D eigenvalue weighted by Crippen LogP contribution is -2.42. The minimum Gasteiger partial charge on any atom is -0.349 e. The van der Waals surface area contributed by atoms with E-state index in [1.165, 1.54) is 23.8 Å². The molecule has 178 valence electrons. The Morgan fingerprint density at radius 1 is 0.941 bits per heavy atom. The van der Waals surface area contributed by atoms with Gasteiger partial charge in [0.15, 0.2) is 5.65 Å². The van der Waals surface area contributed by atoms with E-state index in [9.17, 15) is 14.4 Å². The zero-order valence-corrected chi connectivity index (χ0v) is 19.4. The highest BCUT2D eigenvalue weighted by Crippen LogP contribution is 2.30. The largest absolute Gasteiger partial charge is 0.349 e. The van der Waals surface area contributed by atoms with Crippen LogP contribution in [0.3, 0.4) is 0 Å². The molecule has 9 heteroatoms. The highest BCUT2D eigenvalue weighted by molar-refractivity contribution is 5.94. The van der Waals surface area contributed by atoms with Gasteiger partial charge in [-0.1, -0.05) is 32.1 Å². The minimum absolute atomic E-state index is 0.0198. The third kappa shape index (κ3) is 4.34. The van der Waals surface area contributed by atoms with Crippen molar-refractivity contribution in [1.29, 1.82) is 0 Å². The lowest BCUT2D eigenvalue weighted by molar-refractivity contribution is 0.0927. The molecular formula is C25H30N6O3. The van der Waals surface area contributed by atoms with Gasteiger partial charge >= 0.3 is 11.1 Å². The number of carbonyl (C=O) groups is 1. The van der Waals surface area contributed by atoms with E-state index in [-0.39, 0.29) is 18.0 Å². The number of amides is 1. The van der Waals surface area contributed by atoms with E-state index in [4.69, 9.17) is 0 Å². The summed E-state index contributed by atoms with van der Waals surface area (Å²) >= 11 is 0. The van der Waals surface area contributed by atoms with Crippen LogP contribution in [-0.4, -0.2) is 31.1 Å². The molecule has 2 saturated carbocycles. The van der Waals surface area contributed by atoms with E-state index in [0.717, 1.165) is 44.2 Å². The highest BCUT2D eigenvalue weighted by Gasteiger charge is 2.24. The van der Waals surface area contributed by atoms with Crippen LogP contribution in [0.5, 0.6) is 0 Å². The molecule has 0 unspecified atom stereocenters.